The van der Waals surface area contributed by atoms with Gasteiger partial charge in [0.1, 0.15) is 11.5 Å². The lowest BCUT2D eigenvalue weighted by molar-refractivity contribution is 0.0976. The lowest BCUT2D eigenvalue weighted by atomic mass is 9.92. The molecule has 1 saturated heterocycles. The van der Waals surface area contributed by atoms with Gasteiger partial charge < -0.3 is 9.73 Å². The molecule has 2 fully saturated rings. The number of hydrogen-bond acceptors (Lipinski definition) is 3. The molecule has 2 heterocycles. The van der Waals surface area contributed by atoms with Crippen molar-refractivity contribution in [1.29, 1.82) is 0 Å². The summed E-state index contributed by atoms with van der Waals surface area (Å²) in [6.07, 6.45) is 7.07. The molecule has 118 valence electrons. The number of likely N-dealkylation sites (tertiary alicyclic amines) is 1. The van der Waals surface area contributed by atoms with E-state index in [0.717, 1.165) is 36.6 Å². The first kappa shape index (κ1) is 15.1. The molecule has 1 aromatic heterocycles. The third kappa shape index (κ3) is 3.51. The molecule has 2 aliphatic rings. The number of hydrogen-bond donors (Lipinski definition) is 1. The fraction of sp³-hybridized carbons (Fsp3) is 0.778. The van der Waals surface area contributed by atoms with E-state index < -0.39 is 0 Å². The summed E-state index contributed by atoms with van der Waals surface area (Å²) < 4.78 is 6.02. The third-order valence-electron chi connectivity index (χ3n) is 5.24. The molecule has 0 amide bonds. The largest absolute Gasteiger partial charge is 0.465 e. The van der Waals surface area contributed by atoms with Crippen LogP contribution in [-0.4, -0.2) is 23.5 Å². The van der Waals surface area contributed by atoms with E-state index >= 15 is 0 Å². The van der Waals surface area contributed by atoms with Crippen molar-refractivity contribution in [3.63, 3.8) is 0 Å². The average Bonchev–Trinajstić information content (AvgIpc) is 3.04. The Kier molecular flexibility index (Phi) is 4.70. The summed E-state index contributed by atoms with van der Waals surface area (Å²) >= 11 is 0. The molecule has 3 heteroatoms. The Bertz CT molecular complexity index is 466. The van der Waals surface area contributed by atoms with E-state index in [4.69, 9.17) is 4.42 Å². The fourth-order valence-electron chi connectivity index (χ4n) is 4.11. The minimum atomic E-state index is 0.518. The second kappa shape index (κ2) is 6.53. The highest BCUT2D eigenvalue weighted by Crippen LogP contribution is 2.37. The van der Waals surface area contributed by atoms with E-state index in [0.29, 0.717) is 6.04 Å². The quantitative estimate of drug-likeness (QED) is 0.893. The van der Waals surface area contributed by atoms with Crippen molar-refractivity contribution in [3.05, 3.63) is 23.2 Å². The lowest BCUT2D eigenvalue weighted by Gasteiger charge is -2.37. The molecule has 1 aromatic rings. The predicted molar refractivity (Wildman–Crippen MR) is 86.2 cm³/mol. The van der Waals surface area contributed by atoms with E-state index in [1.807, 2.05) is 0 Å². The van der Waals surface area contributed by atoms with Crippen molar-refractivity contribution < 1.29 is 4.42 Å². The normalized spacial score (nSPS) is 26.5. The Morgan fingerprint density at radius 2 is 2.10 bits per heavy atom. The van der Waals surface area contributed by atoms with Crippen LogP contribution in [0.3, 0.4) is 0 Å². The van der Waals surface area contributed by atoms with Crippen LogP contribution in [0.15, 0.2) is 10.5 Å². The Morgan fingerprint density at radius 1 is 1.29 bits per heavy atom. The summed E-state index contributed by atoms with van der Waals surface area (Å²) in [5.74, 6) is 3.19. The van der Waals surface area contributed by atoms with Gasteiger partial charge in [0, 0.05) is 24.2 Å². The van der Waals surface area contributed by atoms with Gasteiger partial charge >= 0.3 is 0 Å². The van der Waals surface area contributed by atoms with Crippen molar-refractivity contribution >= 4 is 0 Å². The van der Waals surface area contributed by atoms with Crippen molar-refractivity contribution in [3.8, 4) is 0 Å². The zero-order valence-electron chi connectivity index (χ0n) is 13.8. The van der Waals surface area contributed by atoms with Crippen LogP contribution in [0, 0.1) is 12.8 Å². The van der Waals surface area contributed by atoms with Gasteiger partial charge in [-0.15, -0.1) is 0 Å². The second-order valence-corrected chi connectivity index (χ2v) is 7.20. The SMILES string of the molecule is Cc1oc(CN2CCCC3CCCC32)cc1CNC(C)C. The third-order valence-corrected chi connectivity index (χ3v) is 5.24. The summed E-state index contributed by atoms with van der Waals surface area (Å²) in [5.41, 5.74) is 1.32. The van der Waals surface area contributed by atoms with Crippen LogP contribution in [0.1, 0.15) is 63.0 Å². The van der Waals surface area contributed by atoms with E-state index in [1.165, 1.54) is 44.2 Å². The standard InChI is InChI=1S/C18H30N2O/c1-13(2)19-11-16-10-17(21-14(16)3)12-20-9-5-7-15-6-4-8-18(15)20/h10,13,15,18-19H,4-9,11-12H2,1-3H3. The van der Waals surface area contributed by atoms with Gasteiger partial charge in [-0.2, -0.15) is 0 Å². The highest BCUT2D eigenvalue weighted by molar-refractivity contribution is 5.21. The number of furan rings is 1. The van der Waals surface area contributed by atoms with Gasteiger partial charge in [-0.1, -0.05) is 20.3 Å². The fourth-order valence-corrected chi connectivity index (χ4v) is 4.11. The van der Waals surface area contributed by atoms with Crippen LogP contribution in [0.25, 0.3) is 0 Å². The van der Waals surface area contributed by atoms with Gasteiger partial charge in [-0.3, -0.25) is 4.90 Å². The van der Waals surface area contributed by atoms with Crippen molar-refractivity contribution in [2.24, 2.45) is 5.92 Å². The molecule has 2 unspecified atom stereocenters. The lowest BCUT2D eigenvalue weighted by Crippen LogP contribution is -2.41. The highest BCUT2D eigenvalue weighted by Gasteiger charge is 2.35. The van der Waals surface area contributed by atoms with Crippen LogP contribution in [0.5, 0.6) is 0 Å². The molecule has 1 aliphatic heterocycles. The molecule has 3 nitrogen and oxygen atoms in total. The molecule has 1 N–H and O–H groups in total. The Balaban J connectivity index is 1.63. The molecule has 0 aromatic carbocycles. The molecule has 21 heavy (non-hydrogen) atoms. The number of rotatable bonds is 5. The maximum absolute atomic E-state index is 6.02. The van der Waals surface area contributed by atoms with Crippen LogP contribution in [0.2, 0.25) is 0 Å². The van der Waals surface area contributed by atoms with E-state index in [-0.39, 0.29) is 0 Å². The summed E-state index contributed by atoms with van der Waals surface area (Å²) in [7, 11) is 0. The van der Waals surface area contributed by atoms with E-state index in [9.17, 15) is 0 Å². The molecule has 1 aliphatic carbocycles. The Labute approximate surface area is 129 Å². The summed E-state index contributed by atoms with van der Waals surface area (Å²) in [6.45, 7) is 9.63. The minimum absolute atomic E-state index is 0.518. The number of fused-ring (bicyclic) bond motifs is 1. The topological polar surface area (TPSA) is 28.4 Å². The van der Waals surface area contributed by atoms with E-state index in [1.54, 1.807) is 0 Å². The molecule has 0 radical (unpaired) electrons. The van der Waals surface area contributed by atoms with Crippen LogP contribution >= 0.6 is 0 Å². The number of aryl methyl sites for hydroxylation is 1. The summed E-state index contributed by atoms with van der Waals surface area (Å²) in [4.78, 5) is 2.68. The van der Waals surface area contributed by atoms with Gasteiger partial charge in [-0.05, 0) is 51.1 Å². The molecule has 0 spiro atoms. The predicted octanol–water partition coefficient (Wildman–Crippen LogP) is 3.85. The van der Waals surface area contributed by atoms with Crippen LogP contribution < -0.4 is 5.32 Å². The molecule has 3 rings (SSSR count). The van der Waals surface area contributed by atoms with Gasteiger partial charge in [0.2, 0.25) is 0 Å². The van der Waals surface area contributed by atoms with Gasteiger partial charge in [0.05, 0.1) is 6.54 Å². The molecule has 1 saturated carbocycles. The van der Waals surface area contributed by atoms with E-state index in [2.05, 4.69) is 37.1 Å². The maximum atomic E-state index is 6.02. The van der Waals surface area contributed by atoms with Gasteiger partial charge in [-0.25, -0.2) is 0 Å². The van der Waals surface area contributed by atoms with Gasteiger partial charge in [0.15, 0.2) is 0 Å². The number of nitrogens with zero attached hydrogens (tertiary/aromatic N) is 1. The van der Waals surface area contributed by atoms with Crippen molar-refractivity contribution in [2.75, 3.05) is 6.54 Å². The van der Waals surface area contributed by atoms with Crippen molar-refractivity contribution in [1.82, 2.24) is 10.2 Å². The molecular weight excluding hydrogens is 260 g/mol. The zero-order valence-corrected chi connectivity index (χ0v) is 13.8. The molecule has 0 bridgehead atoms. The number of piperidine rings is 1. The average molecular weight is 290 g/mol. The first-order valence-electron chi connectivity index (χ1n) is 8.69. The number of nitrogens with one attached hydrogen (secondary N) is 1. The zero-order chi connectivity index (χ0) is 14.8. The highest BCUT2D eigenvalue weighted by atomic mass is 16.3. The smallest absolute Gasteiger partial charge is 0.118 e. The second-order valence-electron chi connectivity index (χ2n) is 7.20. The molecule has 2 atom stereocenters. The summed E-state index contributed by atoms with van der Waals surface area (Å²) in [6, 6.07) is 3.61. The van der Waals surface area contributed by atoms with Crippen molar-refractivity contribution in [2.45, 2.75) is 78.0 Å². The minimum Gasteiger partial charge on any atom is -0.465 e. The Hall–Kier alpha value is -0.800. The monoisotopic (exact) mass is 290 g/mol. The summed E-state index contributed by atoms with van der Waals surface area (Å²) in [5, 5.41) is 3.48. The van der Waals surface area contributed by atoms with Crippen LogP contribution in [0.4, 0.5) is 0 Å². The first-order chi connectivity index (χ1) is 10.1. The molecular formula is C18H30N2O. The Morgan fingerprint density at radius 3 is 2.90 bits per heavy atom. The van der Waals surface area contributed by atoms with Crippen LogP contribution in [-0.2, 0) is 13.1 Å². The first-order valence-corrected chi connectivity index (χ1v) is 8.69. The van der Waals surface area contributed by atoms with Gasteiger partial charge in [0.25, 0.3) is 0 Å². The maximum Gasteiger partial charge on any atom is 0.118 e.